The summed E-state index contributed by atoms with van der Waals surface area (Å²) < 4.78 is 28.8. The Labute approximate surface area is 202 Å². The van der Waals surface area contributed by atoms with Crippen LogP contribution in [0.15, 0.2) is 84.4 Å². The molecule has 1 N–H and O–H groups in total. The smallest absolute Gasteiger partial charge is 0.294 e. The topological polar surface area (TPSA) is 83.4 Å². The fraction of sp³-hybridized carbons (Fsp3) is 0.0769. The van der Waals surface area contributed by atoms with Crippen LogP contribution >= 0.6 is 11.3 Å². The van der Waals surface area contributed by atoms with Crippen LogP contribution in [-0.4, -0.2) is 26.8 Å². The molecule has 5 rings (SSSR count). The monoisotopic (exact) mass is 489 g/mol. The van der Waals surface area contributed by atoms with Crippen molar-refractivity contribution in [1.82, 2.24) is 9.97 Å². The van der Waals surface area contributed by atoms with Gasteiger partial charge in [0.1, 0.15) is 16.6 Å². The maximum atomic E-state index is 14.7. The van der Waals surface area contributed by atoms with Gasteiger partial charge in [-0.1, -0.05) is 36.4 Å². The molecule has 0 saturated heterocycles. The molecule has 0 spiro atoms. The third-order valence-corrected chi connectivity index (χ3v) is 6.85. The molecule has 0 saturated carbocycles. The summed E-state index contributed by atoms with van der Waals surface area (Å²) >= 11 is 1.13. The molecule has 2 aromatic carbocycles. The second-order valence-corrected chi connectivity index (χ2v) is 8.85. The number of amides is 1. The first kappa shape index (κ1) is 22.5. The van der Waals surface area contributed by atoms with Crippen molar-refractivity contribution in [2.45, 2.75) is 13.0 Å². The summed E-state index contributed by atoms with van der Waals surface area (Å²) in [7, 11) is 0. The van der Waals surface area contributed by atoms with E-state index in [-0.39, 0.29) is 10.5 Å². The van der Waals surface area contributed by atoms with Gasteiger partial charge in [-0.05, 0) is 30.7 Å². The van der Waals surface area contributed by atoms with E-state index in [2.05, 4.69) is 9.97 Å². The maximum absolute atomic E-state index is 14.7. The van der Waals surface area contributed by atoms with E-state index in [9.17, 15) is 23.5 Å². The molecule has 0 fully saturated rings. The molecule has 0 bridgehead atoms. The number of hydrogen-bond donors (Lipinski definition) is 1. The molecule has 4 aromatic rings. The fourth-order valence-corrected chi connectivity index (χ4v) is 5.07. The van der Waals surface area contributed by atoms with Crippen LogP contribution in [0.3, 0.4) is 0 Å². The number of hydrogen-bond acceptors (Lipinski definition) is 6. The van der Waals surface area contributed by atoms with E-state index in [1.54, 1.807) is 19.1 Å². The predicted octanol–water partition coefficient (Wildman–Crippen LogP) is 5.57. The van der Waals surface area contributed by atoms with Gasteiger partial charge >= 0.3 is 0 Å². The first-order chi connectivity index (χ1) is 16.9. The molecule has 1 aliphatic rings. The molecule has 1 unspecified atom stereocenters. The van der Waals surface area contributed by atoms with Crippen molar-refractivity contribution < 1.29 is 23.5 Å². The number of nitrogens with zero attached hydrogens (tertiary/aromatic N) is 3. The number of benzene rings is 2. The minimum Gasteiger partial charge on any atom is -0.503 e. The number of rotatable bonds is 5. The van der Waals surface area contributed by atoms with Crippen molar-refractivity contribution in [2.75, 3.05) is 4.90 Å². The van der Waals surface area contributed by atoms with Gasteiger partial charge in [0.15, 0.2) is 5.76 Å². The van der Waals surface area contributed by atoms with Crippen molar-refractivity contribution in [2.24, 2.45) is 0 Å². The van der Waals surface area contributed by atoms with Gasteiger partial charge in [-0.25, -0.2) is 13.8 Å². The highest BCUT2D eigenvalue weighted by atomic mass is 32.1. The molecular formula is C26H17F2N3O3S. The quantitative estimate of drug-likeness (QED) is 0.371. The second kappa shape index (κ2) is 8.84. The maximum Gasteiger partial charge on any atom is 0.294 e. The molecule has 1 atom stereocenters. The van der Waals surface area contributed by atoms with Crippen molar-refractivity contribution in [1.29, 1.82) is 0 Å². The van der Waals surface area contributed by atoms with Gasteiger partial charge in [0.2, 0.25) is 5.78 Å². The van der Waals surface area contributed by atoms with E-state index in [0.717, 1.165) is 40.0 Å². The molecule has 3 heterocycles. The Morgan fingerprint density at radius 3 is 2.57 bits per heavy atom. The van der Waals surface area contributed by atoms with Crippen molar-refractivity contribution in [3.63, 3.8) is 0 Å². The highest BCUT2D eigenvalue weighted by molar-refractivity contribution is 7.17. The lowest BCUT2D eigenvalue weighted by Crippen LogP contribution is -2.32. The molecule has 1 amide bonds. The van der Waals surface area contributed by atoms with Gasteiger partial charge in [-0.3, -0.25) is 19.5 Å². The SMILES string of the molecule is Cc1nc(-c2ccccc2)sc1C(=O)C1=C(O)C(=O)N(c2cc(F)ccc2F)C1c1cccnc1. The molecule has 6 nitrogen and oxygen atoms in total. The summed E-state index contributed by atoms with van der Waals surface area (Å²) in [5.41, 5.74) is 0.934. The lowest BCUT2D eigenvalue weighted by Gasteiger charge is -2.27. The zero-order chi connectivity index (χ0) is 24.7. The number of anilines is 1. The van der Waals surface area contributed by atoms with Gasteiger partial charge < -0.3 is 5.11 Å². The zero-order valence-corrected chi connectivity index (χ0v) is 19.1. The van der Waals surface area contributed by atoms with Crippen LogP contribution in [0, 0.1) is 18.6 Å². The van der Waals surface area contributed by atoms with Crippen molar-refractivity contribution >= 4 is 28.7 Å². The molecular weight excluding hydrogens is 472 g/mol. The number of Topliss-reactive ketones (excluding diaryl/α,β-unsaturated/α-hetero) is 1. The fourth-order valence-electron chi connectivity index (χ4n) is 4.04. The Kier molecular flexibility index (Phi) is 5.70. The number of carbonyl (C=O) groups excluding carboxylic acids is 2. The van der Waals surface area contributed by atoms with Crippen LogP contribution in [0.5, 0.6) is 0 Å². The lowest BCUT2D eigenvalue weighted by molar-refractivity contribution is -0.117. The standard InChI is InChI=1S/C26H17F2N3O3S/c1-14-24(35-25(30-14)15-6-3-2-4-7-15)22(32)20-21(16-8-5-11-29-13-16)31(26(34)23(20)33)19-12-17(27)9-10-18(19)28/h2-13,21,33H,1H3. The first-order valence-corrected chi connectivity index (χ1v) is 11.4. The Hall–Kier alpha value is -4.24. The number of pyridine rings is 1. The summed E-state index contributed by atoms with van der Waals surface area (Å²) in [5.74, 6) is -4.13. The lowest BCUT2D eigenvalue weighted by atomic mass is 9.96. The van der Waals surface area contributed by atoms with Crippen LogP contribution in [0.2, 0.25) is 0 Å². The summed E-state index contributed by atoms with van der Waals surface area (Å²) in [5, 5.41) is 11.4. The van der Waals surface area contributed by atoms with Gasteiger partial charge in [0, 0.05) is 24.0 Å². The largest absolute Gasteiger partial charge is 0.503 e. The summed E-state index contributed by atoms with van der Waals surface area (Å²) in [6.45, 7) is 1.66. The Morgan fingerprint density at radius 1 is 1.09 bits per heavy atom. The van der Waals surface area contributed by atoms with E-state index in [1.807, 2.05) is 30.3 Å². The molecule has 0 aliphatic carbocycles. The molecule has 0 radical (unpaired) electrons. The molecule has 35 heavy (non-hydrogen) atoms. The van der Waals surface area contributed by atoms with Gasteiger partial charge in [0.05, 0.1) is 27.9 Å². The molecule has 1 aliphatic heterocycles. The van der Waals surface area contributed by atoms with Crippen LogP contribution in [0.4, 0.5) is 14.5 Å². The Morgan fingerprint density at radius 2 is 1.86 bits per heavy atom. The second-order valence-electron chi connectivity index (χ2n) is 7.85. The number of aliphatic hydroxyl groups excluding tert-OH is 1. The van der Waals surface area contributed by atoms with Crippen LogP contribution < -0.4 is 4.90 Å². The van der Waals surface area contributed by atoms with Gasteiger partial charge in [-0.15, -0.1) is 11.3 Å². The average Bonchev–Trinajstić information content (AvgIpc) is 3.39. The van der Waals surface area contributed by atoms with E-state index >= 15 is 0 Å². The van der Waals surface area contributed by atoms with E-state index in [4.69, 9.17) is 0 Å². The number of aliphatic hydroxyl groups is 1. The number of aryl methyl sites for hydroxylation is 1. The number of ketones is 1. The van der Waals surface area contributed by atoms with Gasteiger partial charge in [-0.2, -0.15) is 0 Å². The van der Waals surface area contributed by atoms with E-state index in [0.29, 0.717) is 16.3 Å². The van der Waals surface area contributed by atoms with Crippen LogP contribution in [-0.2, 0) is 4.79 Å². The first-order valence-electron chi connectivity index (χ1n) is 10.6. The summed E-state index contributed by atoms with van der Waals surface area (Å²) in [6.07, 6.45) is 2.90. The summed E-state index contributed by atoms with van der Waals surface area (Å²) in [4.78, 5) is 36.6. The molecule has 174 valence electrons. The van der Waals surface area contributed by atoms with E-state index < -0.39 is 40.8 Å². The predicted molar refractivity (Wildman–Crippen MR) is 127 cm³/mol. The highest BCUT2D eigenvalue weighted by Gasteiger charge is 2.46. The van der Waals surface area contributed by atoms with E-state index in [1.165, 1.54) is 12.4 Å². The van der Waals surface area contributed by atoms with Gasteiger partial charge in [0.25, 0.3) is 5.91 Å². The molecule has 2 aromatic heterocycles. The van der Waals surface area contributed by atoms with Crippen LogP contribution in [0.25, 0.3) is 10.6 Å². The normalized spacial score (nSPS) is 15.7. The third kappa shape index (κ3) is 3.89. The molecule has 9 heteroatoms. The number of halogens is 2. The highest BCUT2D eigenvalue weighted by Crippen LogP contribution is 2.43. The number of carbonyl (C=O) groups is 2. The zero-order valence-electron chi connectivity index (χ0n) is 18.3. The Bertz CT molecular complexity index is 1490. The average molecular weight is 490 g/mol. The minimum atomic E-state index is -1.22. The van der Waals surface area contributed by atoms with Crippen LogP contribution in [0.1, 0.15) is 27.0 Å². The van der Waals surface area contributed by atoms with Crippen molar-refractivity contribution in [3.05, 3.63) is 112 Å². The minimum absolute atomic E-state index is 0.230. The van der Waals surface area contributed by atoms with Crippen molar-refractivity contribution in [3.8, 4) is 10.6 Å². The Balaban J connectivity index is 1.65. The summed E-state index contributed by atoms with van der Waals surface area (Å²) in [6, 6.07) is 13.9. The third-order valence-electron chi connectivity index (χ3n) is 5.64. The number of thiazole rings is 1. The number of aromatic nitrogens is 2.